The summed E-state index contributed by atoms with van der Waals surface area (Å²) >= 11 is 0. The lowest BCUT2D eigenvalue weighted by molar-refractivity contribution is 0.787. The molecule has 0 fully saturated rings. The maximum absolute atomic E-state index is 5.34. The average Bonchev–Trinajstić information content (AvgIpc) is 3.17. The molecule has 3 aromatic heterocycles. The standard InChI is InChI=1S/C46H33N3/c1-3-30(21-20-29(2)40-28-33-12-10-26-47-45(33)46-38(40)18-11-27-48-46)31-22-24-32(25-23-31)44-43-37-16-7-5-14-35(37)34-13-4-6-15-36(34)42(43)39-17-8-9-19-41(39)49-44/h3-22,24-28,31H,2,23H2,1H3/b21-20-,30-3+. The fraction of sp³-hybridized carbons (Fsp3) is 0.0652. The Kier molecular flexibility index (Phi) is 6.98. The Hall–Kier alpha value is -6.19. The summed E-state index contributed by atoms with van der Waals surface area (Å²) in [6, 6.07) is 36.4. The van der Waals surface area contributed by atoms with Crippen molar-refractivity contribution in [2.45, 2.75) is 13.3 Å². The van der Waals surface area contributed by atoms with Crippen molar-refractivity contribution in [1.82, 2.24) is 15.0 Å². The Labute approximate surface area is 285 Å². The monoisotopic (exact) mass is 627 g/mol. The van der Waals surface area contributed by atoms with Gasteiger partial charge in [-0.2, -0.15) is 0 Å². The highest BCUT2D eigenvalue weighted by atomic mass is 14.7. The molecule has 3 heteroatoms. The predicted octanol–water partition coefficient (Wildman–Crippen LogP) is 12.0. The molecule has 1 atom stereocenters. The molecule has 0 saturated carbocycles. The van der Waals surface area contributed by atoms with E-state index >= 15 is 0 Å². The lowest BCUT2D eigenvalue weighted by atomic mass is 9.85. The van der Waals surface area contributed by atoms with Crippen LogP contribution in [0.5, 0.6) is 0 Å². The van der Waals surface area contributed by atoms with Crippen LogP contribution >= 0.6 is 0 Å². The minimum absolute atomic E-state index is 0.251. The van der Waals surface area contributed by atoms with Crippen molar-refractivity contribution in [3.8, 4) is 0 Å². The lowest BCUT2D eigenvalue weighted by Gasteiger charge is -2.20. The van der Waals surface area contributed by atoms with E-state index in [4.69, 9.17) is 4.98 Å². The Morgan fingerprint density at radius 2 is 1.35 bits per heavy atom. The van der Waals surface area contributed by atoms with E-state index in [1.54, 1.807) is 0 Å². The summed E-state index contributed by atoms with van der Waals surface area (Å²) in [4.78, 5) is 14.6. The first-order chi connectivity index (χ1) is 24.2. The molecule has 3 nitrogen and oxygen atoms in total. The summed E-state index contributed by atoms with van der Waals surface area (Å²) in [6.45, 7) is 6.60. The highest BCUT2D eigenvalue weighted by Gasteiger charge is 2.20. The van der Waals surface area contributed by atoms with Crippen LogP contribution in [0.2, 0.25) is 0 Å². The summed E-state index contributed by atoms with van der Waals surface area (Å²) < 4.78 is 0. The first kappa shape index (κ1) is 29.0. The van der Waals surface area contributed by atoms with E-state index in [9.17, 15) is 0 Å². The van der Waals surface area contributed by atoms with Gasteiger partial charge in [-0.15, -0.1) is 0 Å². The number of para-hydroxylation sites is 1. The fourth-order valence-electron chi connectivity index (χ4n) is 7.64. The van der Waals surface area contributed by atoms with Crippen LogP contribution in [0.15, 0.2) is 164 Å². The van der Waals surface area contributed by atoms with Gasteiger partial charge < -0.3 is 0 Å². The van der Waals surface area contributed by atoms with Crippen molar-refractivity contribution in [1.29, 1.82) is 0 Å². The van der Waals surface area contributed by atoms with Crippen molar-refractivity contribution in [3.05, 3.63) is 175 Å². The molecule has 0 saturated heterocycles. The van der Waals surface area contributed by atoms with Gasteiger partial charge in [0.2, 0.25) is 0 Å². The summed E-state index contributed by atoms with van der Waals surface area (Å²) in [5, 5.41) is 10.8. The van der Waals surface area contributed by atoms with Gasteiger partial charge in [0, 0.05) is 45.2 Å². The molecular weight excluding hydrogens is 595 g/mol. The topological polar surface area (TPSA) is 38.7 Å². The number of fused-ring (bicyclic) bond motifs is 11. The van der Waals surface area contributed by atoms with Crippen LogP contribution in [0.4, 0.5) is 0 Å². The molecule has 1 aliphatic carbocycles. The van der Waals surface area contributed by atoms with Gasteiger partial charge in [0.25, 0.3) is 0 Å². The quantitative estimate of drug-likeness (QED) is 0.141. The minimum atomic E-state index is 0.251. The van der Waals surface area contributed by atoms with Crippen LogP contribution in [0.1, 0.15) is 24.6 Å². The number of hydrogen-bond donors (Lipinski definition) is 0. The summed E-state index contributed by atoms with van der Waals surface area (Å²) in [5.74, 6) is 0.251. The minimum Gasteiger partial charge on any atom is -0.254 e. The van der Waals surface area contributed by atoms with Gasteiger partial charge in [0.05, 0.1) is 22.2 Å². The Balaban J connectivity index is 1.09. The zero-order chi connectivity index (χ0) is 32.9. The van der Waals surface area contributed by atoms with Crippen molar-refractivity contribution in [2.75, 3.05) is 0 Å². The van der Waals surface area contributed by atoms with Gasteiger partial charge in [-0.1, -0.05) is 122 Å². The third-order valence-corrected chi connectivity index (χ3v) is 9.99. The van der Waals surface area contributed by atoms with E-state index in [1.165, 1.54) is 48.8 Å². The van der Waals surface area contributed by atoms with Crippen molar-refractivity contribution in [3.63, 3.8) is 0 Å². The summed E-state index contributed by atoms with van der Waals surface area (Å²) in [6.07, 6.45) is 18.1. The van der Waals surface area contributed by atoms with Crippen LogP contribution in [-0.2, 0) is 0 Å². The van der Waals surface area contributed by atoms with Crippen LogP contribution in [0, 0.1) is 5.92 Å². The second kappa shape index (κ2) is 11.8. The third-order valence-electron chi connectivity index (χ3n) is 9.99. The highest BCUT2D eigenvalue weighted by Crippen LogP contribution is 2.42. The Bertz CT molecular complexity index is 2780. The molecule has 49 heavy (non-hydrogen) atoms. The van der Waals surface area contributed by atoms with E-state index in [1.807, 2.05) is 24.5 Å². The highest BCUT2D eigenvalue weighted by molar-refractivity contribution is 6.32. The largest absolute Gasteiger partial charge is 0.254 e. The zero-order valence-electron chi connectivity index (χ0n) is 27.3. The maximum Gasteiger partial charge on any atom is 0.0970 e. The number of rotatable bonds is 5. The summed E-state index contributed by atoms with van der Waals surface area (Å²) in [7, 11) is 0. The number of pyridine rings is 3. The van der Waals surface area contributed by atoms with Crippen LogP contribution < -0.4 is 0 Å². The number of allylic oxidation sites excluding steroid dienone is 9. The van der Waals surface area contributed by atoms with Crippen molar-refractivity contribution < 1.29 is 0 Å². The van der Waals surface area contributed by atoms with E-state index in [0.29, 0.717) is 0 Å². The molecule has 8 aromatic rings. The van der Waals surface area contributed by atoms with Crippen LogP contribution in [0.3, 0.4) is 0 Å². The van der Waals surface area contributed by atoms with E-state index in [-0.39, 0.29) is 5.92 Å². The number of nitrogens with zero attached hydrogens (tertiary/aromatic N) is 3. The Morgan fingerprint density at radius 1 is 0.694 bits per heavy atom. The van der Waals surface area contributed by atoms with E-state index < -0.39 is 0 Å². The second-order valence-electron chi connectivity index (χ2n) is 12.7. The van der Waals surface area contributed by atoms with Gasteiger partial charge in [-0.05, 0) is 81.4 Å². The number of hydrogen-bond acceptors (Lipinski definition) is 3. The predicted molar refractivity (Wildman–Crippen MR) is 208 cm³/mol. The molecule has 1 aliphatic rings. The van der Waals surface area contributed by atoms with E-state index in [2.05, 4.69) is 151 Å². The van der Waals surface area contributed by atoms with Crippen molar-refractivity contribution in [2.24, 2.45) is 5.92 Å². The number of benzene rings is 5. The maximum atomic E-state index is 5.34. The van der Waals surface area contributed by atoms with Crippen molar-refractivity contribution >= 4 is 76.2 Å². The SMILES string of the molecule is C=C(/C=C\C(=C/C)C1C=CC(c2nc3ccccc3c3c4ccccc4c4ccccc4c23)=CC1)c1cc2cccnc2c2ncccc12. The second-order valence-corrected chi connectivity index (χ2v) is 12.7. The molecule has 0 amide bonds. The molecule has 5 aromatic carbocycles. The fourth-order valence-corrected chi connectivity index (χ4v) is 7.64. The van der Waals surface area contributed by atoms with E-state index in [0.717, 1.165) is 50.6 Å². The van der Waals surface area contributed by atoms with Crippen LogP contribution in [0.25, 0.3) is 76.2 Å². The van der Waals surface area contributed by atoms with Gasteiger partial charge in [-0.25, -0.2) is 4.98 Å². The molecular formula is C46H33N3. The summed E-state index contributed by atoms with van der Waals surface area (Å²) in [5.41, 5.74) is 8.32. The van der Waals surface area contributed by atoms with Gasteiger partial charge >= 0.3 is 0 Å². The molecule has 0 N–H and O–H groups in total. The smallest absolute Gasteiger partial charge is 0.0970 e. The van der Waals surface area contributed by atoms with Gasteiger partial charge in [0.1, 0.15) is 0 Å². The van der Waals surface area contributed by atoms with Gasteiger partial charge in [-0.3, -0.25) is 9.97 Å². The molecule has 9 rings (SSSR count). The first-order valence-corrected chi connectivity index (χ1v) is 16.9. The molecule has 0 radical (unpaired) electrons. The molecule has 3 heterocycles. The number of aromatic nitrogens is 3. The molecule has 232 valence electrons. The third kappa shape index (κ3) is 4.77. The lowest BCUT2D eigenvalue weighted by Crippen LogP contribution is -2.04. The zero-order valence-corrected chi connectivity index (χ0v) is 27.3. The van der Waals surface area contributed by atoms with Gasteiger partial charge in [0.15, 0.2) is 0 Å². The molecule has 1 unspecified atom stereocenters. The molecule has 0 aliphatic heterocycles. The van der Waals surface area contributed by atoms with Crippen LogP contribution in [-0.4, -0.2) is 15.0 Å². The molecule has 0 bridgehead atoms. The normalized spacial score (nSPS) is 15.3. The Morgan fingerprint density at radius 3 is 2.08 bits per heavy atom. The first-order valence-electron chi connectivity index (χ1n) is 16.9. The average molecular weight is 628 g/mol. The molecule has 0 spiro atoms.